The molecule has 19 heavy (non-hydrogen) atoms. The van der Waals surface area contributed by atoms with Crippen molar-refractivity contribution in [3.05, 3.63) is 0 Å². The molecular formula is C13H24N2O3S. The molecule has 1 aliphatic carbocycles. The number of hydrogen-bond donors (Lipinski definition) is 3. The minimum absolute atomic E-state index is 0.157. The molecule has 5 nitrogen and oxygen atoms in total. The highest BCUT2D eigenvalue weighted by molar-refractivity contribution is 7.98. The summed E-state index contributed by atoms with van der Waals surface area (Å²) in [4.78, 5) is 22.8. The van der Waals surface area contributed by atoms with Crippen LogP contribution in [0.15, 0.2) is 0 Å². The van der Waals surface area contributed by atoms with E-state index >= 15 is 0 Å². The fourth-order valence-corrected chi connectivity index (χ4v) is 2.91. The molecule has 3 N–H and O–H groups in total. The molecule has 0 saturated heterocycles. The van der Waals surface area contributed by atoms with Gasteiger partial charge in [-0.05, 0) is 43.1 Å². The second-order valence-corrected chi connectivity index (χ2v) is 6.88. The van der Waals surface area contributed by atoms with Gasteiger partial charge in [0, 0.05) is 6.04 Å². The predicted molar refractivity (Wildman–Crippen MR) is 77.5 cm³/mol. The van der Waals surface area contributed by atoms with Crippen LogP contribution in [0.4, 0.5) is 4.79 Å². The van der Waals surface area contributed by atoms with Gasteiger partial charge in [0.15, 0.2) is 0 Å². The molecule has 0 aliphatic heterocycles. The minimum atomic E-state index is -0.976. The van der Waals surface area contributed by atoms with Gasteiger partial charge in [-0.3, -0.25) is 0 Å². The maximum atomic E-state index is 11.8. The molecule has 1 rings (SSSR count). The van der Waals surface area contributed by atoms with Gasteiger partial charge in [-0.2, -0.15) is 11.8 Å². The standard InChI is InChI=1S/C13H24N2O3S/c1-13(2)6-4-9(8-13)14-12(18)15-10(11(16)17)5-7-19-3/h9-10H,4-8H2,1-3H3,(H,16,17)(H2,14,15,18)/t9?,10-/m1/s1. The van der Waals surface area contributed by atoms with E-state index in [-0.39, 0.29) is 17.5 Å². The van der Waals surface area contributed by atoms with Gasteiger partial charge in [-0.1, -0.05) is 13.8 Å². The van der Waals surface area contributed by atoms with Crippen molar-refractivity contribution in [2.75, 3.05) is 12.0 Å². The molecule has 2 atom stereocenters. The molecule has 1 unspecified atom stereocenters. The zero-order valence-electron chi connectivity index (χ0n) is 11.9. The molecule has 0 heterocycles. The van der Waals surface area contributed by atoms with E-state index in [1.54, 1.807) is 11.8 Å². The Labute approximate surface area is 118 Å². The first-order chi connectivity index (χ1) is 8.84. The van der Waals surface area contributed by atoms with E-state index in [0.29, 0.717) is 12.2 Å². The number of hydrogen-bond acceptors (Lipinski definition) is 3. The first kappa shape index (κ1) is 16.1. The summed E-state index contributed by atoms with van der Waals surface area (Å²) >= 11 is 1.57. The molecule has 0 aromatic heterocycles. The summed E-state index contributed by atoms with van der Waals surface area (Å²) in [5.74, 6) is -0.260. The molecule has 0 spiro atoms. The smallest absolute Gasteiger partial charge is 0.326 e. The van der Waals surface area contributed by atoms with E-state index in [1.165, 1.54) is 0 Å². The summed E-state index contributed by atoms with van der Waals surface area (Å²) in [5, 5.41) is 14.5. The Balaban J connectivity index is 2.38. The van der Waals surface area contributed by atoms with Crippen LogP contribution in [0, 0.1) is 5.41 Å². The van der Waals surface area contributed by atoms with Crippen LogP contribution in [0.1, 0.15) is 39.5 Å². The summed E-state index contributed by atoms with van der Waals surface area (Å²) in [6.45, 7) is 4.37. The molecule has 110 valence electrons. The van der Waals surface area contributed by atoms with Crippen molar-refractivity contribution in [1.82, 2.24) is 10.6 Å². The zero-order chi connectivity index (χ0) is 14.5. The number of carboxylic acid groups (broad SMARTS) is 1. The summed E-state index contributed by atoms with van der Waals surface area (Å²) in [6.07, 6.45) is 5.36. The number of carboxylic acids is 1. The van der Waals surface area contributed by atoms with Gasteiger partial charge in [0.25, 0.3) is 0 Å². The average Bonchev–Trinajstić information content (AvgIpc) is 2.63. The molecular weight excluding hydrogens is 264 g/mol. The third-order valence-corrected chi connectivity index (χ3v) is 4.16. The van der Waals surface area contributed by atoms with Crippen LogP contribution >= 0.6 is 11.8 Å². The number of carbonyl (C=O) groups is 2. The van der Waals surface area contributed by atoms with Crippen LogP contribution in [0.5, 0.6) is 0 Å². The van der Waals surface area contributed by atoms with Crippen LogP contribution < -0.4 is 10.6 Å². The van der Waals surface area contributed by atoms with Gasteiger partial charge >= 0.3 is 12.0 Å². The van der Waals surface area contributed by atoms with Crippen LogP contribution in [-0.2, 0) is 4.79 Å². The third kappa shape index (κ3) is 5.72. The largest absolute Gasteiger partial charge is 0.480 e. The average molecular weight is 288 g/mol. The number of amides is 2. The highest BCUT2D eigenvalue weighted by Gasteiger charge is 2.32. The lowest BCUT2D eigenvalue weighted by Gasteiger charge is -2.19. The quantitative estimate of drug-likeness (QED) is 0.699. The Morgan fingerprint density at radius 2 is 2.16 bits per heavy atom. The molecule has 0 radical (unpaired) electrons. The fraction of sp³-hybridized carbons (Fsp3) is 0.846. The lowest BCUT2D eigenvalue weighted by atomic mass is 9.92. The van der Waals surface area contributed by atoms with Crippen molar-refractivity contribution in [2.24, 2.45) is 5.41 Å². The fourth-order valence-electron chi connectivity index (χ4n) is 2.44. The highest BCUT2D eigenvalue weighted by atomic mass is 32.2. The molecule has 6 heteroatoms. The maximum Gasteiger partial charge on any atom is 0.326 e. The van der Waals surface area contributed by atoms with Gasteiger partial charge in [0.05, 0.1) is 0 Å². The Bertz CT molecular complexity index is 334. The normalized spacial score (nSPS) is 22.8. The van der Waals surface area contributed by atoms with Gasteiger partial charge in [0.1, 0.15) is 6.04 Å². The molecule has 0 aromatic carbocycles. The van der Waals surface area contributed by atoms with Crippen molar-refractivity contribution in [3.63, 3.8) is 0 Å². The van der Waals surface area contributed by atoms with Gasteiger partial charge in [-0.15, -0.1) is 0 Å². The summed E-state index contributed by atoms with van der Waals surface area (Å²) in [5.41, 5.74) is 0.267. The lowest BCUT2D eigenvalue weighted by molar-refractivity contribution is -0.139. The van der Waals surface area contributed by atoms with Gasteiger partial charge in [0.2, 0.25) is 0 Å². The number of aliphatic carboxylic acids is 1. The van der Waals surface area contributed by atoms with Crippen LogP contribution in [0.2, 0.25) is 0 Å². The Kier molecular flexibility index (Phi) is 5.97. The topological polar surface area (TPSA) is 78.4 Å². The number of rotatable bonds is 6. The maximum absolute atomic E-state index is 11.8. The summed E-state index contributed by atoms with van der Waals surface area (Å²) in [7, 11) is 0. The second-order valence-electron chi connectivity index (χ2n) is 5.89. The number of carbonyl (C=O) groups excluding carboxylic acids is 1. The highest BCUT2D eigenvalue weighted by Crippen LogP contribution is 2.36. The molecule has 2 amide bonds. The van der Waals surface area contributed by atoms with Crippen molar-refractivity contribution >= 4 is 23.8 Å². The molecule has 0 aromatic rings. The number of urea groups is 1. The van der Waals surface area contributed by atoms with E-state index in [1.807, 2.05) is 6.26 Å². The van der Waals surface area contributed by atoms with Crippen molar-refractivity contribution < 1.29 is 14.7 Å². The van der Waals surface area contributed by atoms with E-state index in [0.717, 1.165) is 19.3 Å². The van der Waals surface area contributed by atoms with Crippen molar-refractivity contribution in [3.8, 4) is 0 Å². The van der Waals surface area contributed by atoms with Crippen LogP contribution in [0.25, 0.3) is 0 Å². The van der Waals surface area contributed by atoms with E-state index in [4.69, 9.17) is 5.11 Å². The van der Waals surface area contributed by atoms with Gasteiger partial charge in [-0.25, -0.2) is 9.59 Å². The zero-order valence-corrected chi connectivity index (χ0v) is 12.7. The first-order valence-corrected chi connectivity index (χ1v) is 8.02. The summed E-state index contributed by atoms with van der Waals surface area (Å²) in [6, 6.07) is -1.01. The van der Waals surface area contributed by atoms with Gasteiger partial charge < -0.3 is 15.7 Å². The molecule has 1 saturated carbocycles. The van der Waals surface area contributed by atoms with E-state index in [9.17, 15) is 9.59 Å². The third-order valence-electron chi connectivity index (χ3n) is 3.52. The second kappa shape index (κ2) is 7.03. The van der Waals surface area contributed by atoms with Crippen LogP contribution in [0.3, 0.4) is 0 Å². The summed E-state index contributed by atoms with van der Waals surface area (Å²) < 4.78 is 0. The number of thioether (sulfide) groups is 1. The number of nitrogens with one attached hydrogen (secondary N) is 2. The van der Waals surface area contributed by atoms with E-state index < -0.39 is 12.0 Å². The molecule has 1 aliphatic rings. The Morgan fingerprint density at radius 3 is 2.63 bits per heavy atom. The predicted octanol–water partition coefficient (Wildman–Crippen LogP) is 2.07. The van der Waals surface area contributed by atoms with E-state index in [2.05, 4.69) is 24.5 Å². The monoisotopic (exact) mass is 288 g/mol. The molecule has 0 bridgehead atoms. The van der Waals surface area contributed by atoms with Crippen molar-refractivity contribution in [1.29, 1.82) is 0 Å². The van der Waals surface area contributed by atoms with Crippen molar-refractivity contribution in [2.45, 2.75) is 51.6 Å². The first-order valence-electron chi connectivity index (χ1n) is 6.63. The molecule has 1 fully saturated rings. The van der Waals surface area contributed by atoms with Crippen LogP contribution in [-0.4, -0.2) is 41.2 Å². The minimum Gasteiger partial charge on any atom is -0.480 e. The Morgan fingerprint density at radius 1 is 1.47 bits per heavy atom. The SMILES string of the molecule is CSCC[C@@H](NC(=O)NC1CCC(C)(C)C1)C(=O)O. The lowest BCUT2D eigenvalue weighted by Crippen LogP contribution is -2.48. The Hall–Kier alpha value is -0.910.